The van der Waals surface area contributed by atoms with Crippen molar-refractivity contribution >= 4 is 27.5 Å². The highest BCUT2D eigenvalue weighted by Crippen LogP contribution is 2.25. The molecule has 0 aliphatic rings. The second kappa shape index (κ2) is 10.5. The number of benzene rings is 2. The van der Waals surface area contributed by atoms with Crippen molar-refractivity contribution in [3.8, 4) is 11.5 Å². The van der Waals surface area contributed by atoms with Gasteiger partial charge < -0.3 is 14.8 Å². The van der Waals surface area contributed by atoms with Gasteiger partial charge in [-0.05, 0) is 30.7 Å². The number of methoxy groups -OCH3 is 1. The number of sulfonamides is 1. The maximum Gasteiger partial charge on any atom is 0.235 e. The lowest BCUT2D eigenvalue weighted by atomic mass is 10.2. The van der Waals surface area contributed by atoms with Crippen molar-refractivity contribution in [2.24, 2.45) is 0 Å². The standard InChI is InChI=1S/C20H25ClN2O5S/c1-15(14-28-19-11-7-6-10-18(19)27-2)22-20(24)13-23(29(3,25)26)12-16-8-4-5-9-17(16)21/h4-11,15H,12-14H2,1-3H3,(H,22,24)/t15-/m0/s1. The van der Waals surface area contributed by atoms with E-state index in [1.807, 2.05) is 12.1 Å². The molecule has 1 atom stereocenters. The van der Waals surface area contributed by atoms with E-state index >= 15 is 0 Å². The summed E-state index contributed by atoms with van der Waals surface area (Å²) >= 11 is 6.11. The van der Waals surface area contributed by atoms with E-state index in [-0.39, 0.29) is 25.7 Å². The Morgan fingerprint density at radius 3 is 2.38 bits per heavy atom. The Bertz CT molecular complexity index is 936. The molecule has 0 fully saturated rings. The summed E-state index contributed by atoms with van der Waals surface area (Å²) < 4.78 is 36.2. The number of ether oxygens (including phenoxy) is 2. The van der Waals surface area contributed by atoms with Crippen molar-refractivity contribution in [3.63, 3.8) is 0 Å². The summed E-state index contributed by atoms with van der Waals surface area (Å²) in [6, 6.07) is 13.8. The molecular formula is C20H25ClN2O5S. The second-order valence-electron chi connectivity index (χ2n) is 6.55. The highest BCUT2D eigenvalue weighted by Gasteiger charge is 2.22. The number of carbonyl (C=O) groups is 1. The van der Waals surface area contributed by atoms with Crippen LogP contribution in [0, 0.1) is 0 Å². The average Bonchev–Trinajstić information content (AvgIpc) is 2.67. The van der Waals surface area contributed by atoms with Crippen molar-refractivity contribution in [1.82, 2.24) is 9.62 Å². The predicted octanol–water partition coefficient (Wildman–Crippen LogP) is 2.69. The number of para-hydroxylation sites is 2. The first-order valence-corrected chi connectivity index (χ1v) is 11.2. The maximum absolute atomic E-state index is 12.4. The van der Waals surface area contributed by atoms with Crippen molar-refractivity contribution < 1.29 is 22.7 Å². The molecule has 2 rings (SSSR count). The number of amides is 1. The SMILES string of the molecule is COc1ccccc1OC[C@H](C)NC(=O)CN(Cc1ccccc1Cl)S(C)(=O)=O. The minimum atomic E-state index is -3.61. The van der Waals surface area contributed by atoms with Crippen LogP contribution in [-0.4, -0.2) is 51.2 Å². The van der Waals surface area contributed by atoms with Gasteiger partial charge in [-0.3, -0.25) is 4.79 Å². The van der Waals surface area contributed by atoms with E-state index in [1.54, 1.807) is 50.4 Å². The van der Waals surface area contributed by atoms with Crippen molar-refractivity contribution in [1.29, 1.82) is 0 Å². The van der Waals surface area contributed by atoms with Crippen LogP contribution in [0.1, 0.15) is 12.5 Å². The molecule has 29 heavy (non-hydrogen) atoms. The Kier molecular flexibility index (Phi) is 8.31. The van der Waals surface area contributed by atoms with E-state index in [1.165, 1.54) is 0 Å². The third kappa shape index (κ3) is 7.23. The summed E-state index contributed by atoms with van der Waals surface area (Å²) in [5, 5.41) is 3.19. The molecule has 1 amide bonds. The molecule has 2 aromatic carbocycles. The van der Waals surface area contributed by atoms with Crippen molar-refractivity contribution in [3.05, 3.63) is 59.1 Å². The van der Waals surface area contributed by atoms with Gasteiger partial charge in [-0.25, -0.2) is 8.42 Å². The fraction of sp³-hybridized carbons (Fsp3) is 0.350. The fourth-order valence-corrected chi connectivity index (χ4v) is 3.50. The quantitative estimate of drug-likeness (QED) is 0.614. The Morgan fingerprint density at radius 2 is 1.76 bits per heavy atom. The molecule has 1 N–H and O–H groups in total. The molecule has 0 unspecified atom stereocenters. The minimum absolute atomic E-state index is 0.0119. The molecule has 0 aliphatic heterocycles. The van der Waals surface area contributed by atoms with Gasteiger partial charge >= 0.3 is 0 Å². The summed E-state index contributed by atoms with van der Waals surface area (Å²) in [4.78, 5) is 12.4. The van der Waals surface area contributed by atoms with Crippen LogP contribution >= 0.6 is 11.6 Å². The van der Waals surface area contributed by atoms with Crippen molar-refractivity contribution in [2.45, 2.75) is 19.5 Å². The van der Waals surface area contributed by atoms with Crippen LogP contribution in [0.4, 0.5) is 0 Å². The van der Waals surface area contributed by atoms with E-state index in [2.05, 4.69) is 5.32 Å². The van der Waals surface area contributed by atoms with Crippen LogP contribution in [0.5, 0.6) is 11.5 Å². The van der Waals surface area contributed by atoms with Gasteiger partial charge in [0, 0.05) is 11.6 Å². The second-order valence-corrected chi connectivity index (χ2v) is 8.94. The maximum atomic E-state index is 12.4. The molecule has 0 aromatic heterocycles. The molecular weight excluding hydrogens is 416 g/mol. The van der Waals surface area contributed by atoms with Crippen LogP contribution in [0.3, 0.4) is 0 Å². The number of hydrogen-bond acceptors (Lipinski definition) is 5. The van der Waals surface area contributed by atoms with Crippen molar-refractivity contribution in [2.75, 3.05) is 26.5 Å². The fourth-order valence-electron chi connectivity index (χ4n) is 2.58. The normalized spacial score (nSPS) is 12.4. The highest BCUT2D eigenvalue weighted by atomic mass is 35.5. The monoisotopic (exact) mass is 440 g/mol. The largest absolute Gasteiger partial charge is 0.493 e. The van der Waals surface area contributed by atoms with E-state index in [9.17, 15) is 13.2 Å². The molecule has 0 bridgehead atoms. The number of hydrogen-bond donors (Lipinski definition) is 1. The number of rotatable bonds is 10. The van der Waals surface area contributed by atoms with Gasteiger partial charge in [-0.1, -0.05) is 41.9 Å². The third-order valence-electron chi connectivity index (χ3n) is 4.06. The summed E-state index contributed by atoms with van der Waals surface area (Å²) in [5.74, 6) is 0.722. The number of nitrogens with zero attached hydrogens (tertiary/aromatic N) is 1. The number of nitrogens with one attached hydrogen (secondary N) is 1. The molecule has 0 spiro atoms. The summed E-state index contributed by atoms with van der Waals surface area (Å²) in [6.07, 6.45) is 1.06. The van der Waals surface area contributed by atoms with Gasteiger partial charge in [0.05, 0.1) is 26.0 Å². The van der Waals surface area contributed by atoms with Crippen LogP contribution < -0.4 is 14.8 Å². The molecule has 0 saturated heterocycles. The van der Waals surface area contributed by atoms with Crippen LogP contribution in [0.15, 0.2) is 48.5 Å². The molecule has 7 nitrogen and oxygen atoms in total. The molecule has 0 radical (unpaired) electrons. The van der Waals surface area contributed by atoms with Crippen LogP contribution in [0.2, 0.25) is 5.02 Å². The van der Waals surface area contributed by atoms with E-state index in [0.29, 0.717) is 22.1 Å². The summed E-state index contributed by atoms with van der Waals surface area (Å²) in [5.41, 5.74) is 0.625. The smallest absolute Gasteiger partial charge is 0.235 e. The van der Waals surface area contributed by atoms with Gasteiger partial charge in [0.2, 0.25) is 15.9 Å². The zero-order valence-corrected chi connectivity index (χ0v) is 18.2. The minimum Gasteiger partial charge on any atom is -0.493 e. The topological polar surface area (TPSA) is 84.9 Å². The highest BCUT2D eigenvalue weighted by molar-refractivity contribution is 7.88. The van der Waals surface area contributed by atoms with Gasteiger partial charge in [0.25, 0.3) is 0 Å². The Hall–Kier alpha value is -2.29. The Balaban J connectivity index is 1.94. The average molecular weight is 441 g/mol. The third-order valence-corrected chi connectivity index (χ3v) is 5.62. The van der Waals surface area contributed by atoms with E-state index in [4.69, 9.17) is 21.1 Å². The van der Waals surface area contributed by atoms with Gasteiger partial charge in [-0.2, -0.15) is 4.31 Å². The molecule has 0 heterocycles. The molecule has 0 saturated carbocycles. The first-order valence-electron chi connectivity index (χ1n) is 8.94. The molecule has 2 aromatic rings. The van der Waals surface area contributed by atoms with Crippen LogP contribution in [-0.2, 0) is 21.4 Å². The van der Waals surface area contributed by atoms with Gasteiger partial charge in [0.1, 0.15) is 6.61 Å². The number of halogens is 1. The zero-order valence-electron chi connectivity index (χ0n) is 16.6. The first-order chi connectivity index (χ1) is 13.7. The van der Waals surface area contributed by atoms with E-state index in [0.717, 1.165) is 10.6 Å². The Morgan fingerprint density at radius 1 is 1.14 bits per heavy atom. The van der Waals surface area contributed by atoms with E-state index < -0.39 is 15.9 Å². The Labute approximate surface area is 176 Å². The lowest BCUT2D eigenvalue weighted by Crippen LogP contribution is -2.44. The lowest BCUT2D eigenvalue weighted by Gasteiger charge is -2.22. The molecule has 158 valence electrons. The summed E-state index contributed by atoms with van der Waals surface area (Å²) in [6.45, 7) is 1.67. The van der Waals surface area contributed by atoms with Crippen LogP contribution in [0.25, 0.3) is 0 Å². The zero-order chi connectivity index (χ0) is 21.4. The summed E-state index contributed by atoms with van der Waals surface area (Å²) in [7, 11) is -2.06. The van der Waals surface area contributed by atoms with Gasteiger partial charge in [0.15, 0.2) is 11.5 Å². The van der Waals surface area contributed by atoms with Gasteiger partial charge in [-0.15, -0.1) is 0 Å². The number of carbonyl (C=O) groups excluding carboxylic acids is 1. The lowest BCUT2D eigenvalue weighted by molar-refractivity contribution is -0.122. The molecule has 0 aliphatic carbocycles. The predicted molar refractivity (Wildman–Crippen MR) is 113 cm³/mol. The first kappa shape index (κ1) is 23.0. The molecule has 9 heteroatoms.